The number of amides is 1. The molecule has 1 aliphatic carbocycles. The van der Waals surface area contributed by atoms with Crippen molar-refractivity contribution in [2.75, 3.05) is 18.9 Å². The van der Waals surface area contributed by atoms with Crippen molar-refractivity contribution < 1.29 is 4.79 Å². The van der Waals surface area contributed by atoms with E-state index < -0.39 is 0 Å². The van der Waals surface area contributed by atoms with Gasteiger partial charge in [-0.1, -0.05) is 12.1 Å². The molecule has 3 N–H and O–H groups in total. The minimum absolute atomic E-state index is 0.0664. The summed E-state index contributed by atoms with van der Waals surface area (Å²) in [6, 6.07) is 8.38. The highest BCUT2D eigenvalue weighted by Gasteiger charge is 2.25. The van der Waals surface area contributed by atoms with Crippen molar-refractivity contribution >= 4 is 11.6 Å². The van der Waals surface area contributed by atoms with Gasteiger partial charge in [0.1, 0.15) is 0 Å². The second-order valence-electron chi connectivity index (χ2n) is 4.91. The Morgan fingerprint density at radius 2 is 2.28 bits per heavy atom. The van der Waals surface area contributed by atoms with E-state index in [-0.39, 0.29) is 5.91 Å². The van der Waals surface area contributed by atoms with Gasteiger partial charge in [0.2, 0.25) is 5.91 Å². The molecule has 1 aliphatic rings. The Hall–Kier alpha value is -1.39. The number of nitrogens with one attached hydrogen (secondary N) is 1. The monoisotopic (exact) mass is 247 g/mol. The Kier molecular flexibility index (Phi) is 4.33. The van der Waals surface area contributed by atoms with Crippen LogP contribution in [0.3, 0.4) is 0 Å². The van der Waals surface area contributed by atoms with E-state index >= 15 is 0 Å². The lowest BCUT2D eigenvalue weighted by Gasteiger charge is -2.15. The third kappa shape index (κ3) is 3.82. The molecule has 1 fully saturated rings. The van der Waals surface area contributed by atoms with Gasteiger partial charge in [0.25, 0.3) is 0 Å². The van der Waals surface area contributed by atoms with Gasteiger partial charge in [-0.15, -0.1) is 0 Å². The third-order valence-corrected chi connectivity index (χ3v) is 3.31. The Bertz CT molecular complexity index is 415. The van der Waals surface area contributed by atoms with Gasteiger partial charge in [-0.05, 0) is 37.6 Å². The van der Waals surface area contributed by atoms with Crippen LogP contribution in [0.25, 0.3) is 0 Å². The van der Waals surface area contributed by atoms with E-state index in [1.807, 2.05) is 24.3 Å². The summed E-state index contributed by atoms with van der Waals surface area (Å²) < 4.78 is 0. The van der Waals surface area contributed by atoms with Gasteiger partial charge >= 0.3 is 0 Å². The van der Waals surface area contributed by atoms with Gasteiger partial charge < -0.3 is 16.0 Å². The van der Waals surface area contributed by atoms with Crippen LogP contribution in [0, 0.1) is 0 Å². The average molecular weight is 247 g/mol. The smallest absolute Gasteiger partial charge is 0.225 e. The number of hydrogen-bond acceptors (Lipinski definition) is 3. The van der Waals surface area contributed by atoms with Crippen LogP contribution in [-0.2, 0) is 11.3 Å². The number of carbonyl (C=O) groups excluding carboxylic acids is 1. The highest BCUT2D eigenvalue weighted by molar-refractivity contribution is 5.90. The summed E-state index contributed by atoms with van der Waals surface area (Å²) in [7, 11) is 2.08. The molecular formula is C14H21N3O. The fourth-order valence-corrected chi connectivity index (χ4v) is 1.98. The minimum atomic E-state index is 0.0664. The van der Waals surface area contributed by atoms with Gasteiger partial charge in [-0.25, -0.2) is 0 Å². The molecule has 0 aliphatic heterocycles. The van der Waals surface area contributed by atoms with Crippen molar-refractivity contribution in [2.24, 2.45) is 5.73 Å². The van der Waals surface area contributed by atoms with E-state index in [2.05, 4.69) is 17.3 Å². The van der Waals surface area contributed by atoms with Crippen LogP contribution in [0.15, 0.2) is 24.3 Å². The SMILES string of the molecule is CN(CCC(=O)Nc1cccc(CN)c1)C1CC1. The zero-order chi connectivity index (χ0) is 13.0. The number of nitrogens with two attached hydrogens (primary N) is 1. The predicted octanol–water partition coefficient (Wildman–Crippen LogP) is 1.57. The highest BCUT2D eigenvalue weighted by Crippen LogP contribution is 2.25. The Balaban J connectivity index is 1.78. The van der Waals surface area contributed by atoms with Crippen LogP contribution in [0.1, 0.15) is 24.8 Å². The average Bonchev–Trinajstić information content (AvgIpc) is 3.20. The summed E-state index contributed by atoms with van der Waals surface area (Å²) in [5.41, 5.74) is 7.43. The van der Waals surface area contributed by atoms with Crippen molar-refractivity contribution in [2.45, 2.75) is 31.8 Å². The number of anilines is 1. The van der Waals surface area contributed by atoms with E-state index in [0.717, 1.165) is 17.8 Å². The minimum Gasteiger partial charge on any atom is -0.326 e. The van der Waals surface area contributed by atoms with Crippen LogP contribution in [0.5, 0.6) is 0 Å². The molecule has 0 atom stereocenters. The van der Waals surface area contributed by atoms with Gasteiger partial charge in [0.05, 0.1) is 0 Å². The first-order chi connectivity index (χ1) is 8.69. The van der Waals surface area contributed by atoms with Gasteiger partial charge in [-0.2, -0.15) is 0 Å². The van der Waals surface area contributed by atoms with E-state index in [1.165, 1.54) is 12.8 Å². The van der Waals surface area contributed by atoms with Crippen molar-refractivity contribution in [3.05, 3.63) is 29.8 Å². The fraction of sp³-hybridized carbons (Fsp3) is 0.500. The number of hydrogen-bond donors (Lipinski definition) is 2. The molecule has 4 nitrogen and oxygen atoms in total. The number of rotatable bonds is 6. The fourth-order valence-electron chi connectivity index (χ4n) is 1.98. The first kappa shape index (κ1) is 13.1. The van der Waals surface area contributed by atoms with Crippen LogP contribution in [-0.4, -0.2) is 30.4 Å². The first-order valence-corrected chi connectivity index (χ1v) is 6.48. The van der Waals surface area contributed by atoms with Crippen molar-refractivity contribution in [1.82, 2.24) is 4.90 Å². The van der Waals surface area contributed by atoms with E-state index in [4.69, 9.17) is 5.73 Å². The maximum atomic E-state index is 11.8. The lowest BCUT2D eigenvalue weighted by Crippen LogP contribution is -2.26. The maximum absolute atomic E-state index is 11.8. The van der Waals surface area contributed by atoms with Crippen molar-refractivity contribution in [3.8, 4) is 0 Å². The molecule has 0 aromatic heterocycles. The molecular weight excluding hydrogens is 226 g/mol. The number of nitrogens with zero attached hydrogens (tertiary/aromatic N) is 1. The Labute approximate surface area is 108 Å². The number of carbonyl (C=O) groups is 1. The first-order valence-electron chi connectivity index (χ1n) is 6.48. The van der Waals surface area contributed by atoms with Crippen LogP contribution < -0.4 is 11.1 Å². The summed E-state index contributed by atoms with van der Waals surface area (Å²) in [6.45, 7) is 1.32. The molecule has 1 aromatic rings. The molecule has 1 aromatic carbocycles. The summed E-state index contributed by atoms with van der Waals surface area (Å²) in [5, 5.41) is 2.91. The molecule has 0 saturated heterocycles. The molecule has 0 unspecified atom stereocenters. The van der Waals surface area contributed by atoms with Gasteiger partial charge in [-0.3, -0.25) is 4.79 Å². The van der Waals surface area contributed by atoms with Crippen LogP contribution in [0.4, 0.5) is 5.69 Å². The van der Waals surface area contributed by atoms with Gasteiger partial charge in [0.15, 0.2) is 0 Å². The molecule has 4 heteroatoms. The third-order valence-electron chi connectivity index (χ3n) is 3.31. The summed E-state index contributed by atoms with van der Waals surface area (Å²) in [4.78, 5) is 14.1. The maximum Gasteiger partial charge on any atom is 0.225 e. The van der Waals surface area contributed by atoms with E-state index in [0.29, 0.717) is 19.0 Å². The molecule has 18 heavy (non-hydrogen) atoms. The molecule has 1 amide bonds. The zero-order valence-electron chi connectivity index (χ0n) is 10.9. The summed E-state index contributed by atoms with van der Waals surface area (Å²) in [5.74, 6) is 0.0664. The van der Waals surface area contributed by atoms with E-state index in [9.17, 15) is 4.79 Å². The molecule has 0 spiro atoms. The standard InChI is InChI=1S/C14H21N3O/c1-17(13-5-6-13)8-7-14(18)16-12-4-2-3-11(9-12)10-15/h2-4,9,13H,5-8,10,15H2,1H3,(H,16,18). The Morgan fingerprint density at radius 3 is 2.94 bits per heavy atom. The van der Waals surface area contributed by atoms with Crippen molar-refractivity contribution in [3.63, 3.8) is 0 Å². The largest absolute Gasteiger partial charge is 0.326 e. The second-order valence-corrected chi connectivity index (χ2v) is 4.91. The quantitative estimate of drug-likeness (QED) is 0.802. The zero-order valence-corrected chi connectivity index (χ0v) is 10.9. The predicted molar refractivity (Wildman–Crippen MR) is 73.2 cm³/mol. The molecule has 0 radical (unpaired) electrons. The highest BCUT2D eigenvalue weighted by atomic mass is 16.1. The molecule has 0 heterocycles. The number of benzene rings is 1. The second kappa shape index (κ2) is 5.98. The molecule has 1 saturated carbocycles. The van der Waals surface area contributed by atoms with Crippen molar-refractivity contribution in [1.29, 1.82) is 0 Å². The van der Waals surface area contributed by atoms with Crippen LogP contribution in [0.2, 0.25) is 0 Å². The van der Waals surface area contributed by atoms with Crippen LogP contribution >= 0.6 is 0 Å². The topological polar surface area (TPSA) is 58.4 Å². The summed E-state index contributed by atoms with van der Waals surface area (Å²) >= 11 is 0. The lowest BCUT2D eigenvalue weighted by molar-refractivity contribution is -0.116. The lowest BCUT2D eigenvalue weighted by atomic mass is 10.2. The Morgan fingerprint density at radius 1 is 1.50 bits per heavy atom. The molecule has 98 valence electrons. The molecule has 2 rings (SSSR count). The van der Waals surface area contributed by atoms with E-state index in [1.54, 1.807) is 0 Å². The van der Waals surface area contributed by atoms with Gasteiger partial charge in [0, 0.05) is 31.2 Å². The summed E-state index contributed by atoms with van der Waals surface area (Å²) in [6.07, 6.45) is 3.09. The molecule has 0 bridgehead atoms. The normalized spacial score (nSPS) is 14.8.